The van der Waals surface area contributed by atoms with E-state index in [2.05, 4.69) is 44.6 Å². The van der Waals surface area contributed by atoms with Gasteiger partial charge in [0.1, 0.15) is 46.3 Å². The third-order valence-corrected chi connectivity index (χ3v) is 5.56. The Kier molecular flexibility index (Phi) is 25.3. The lowest BCUT2D eigenvalue weighted by Gasteiger charge is -2.22. The standard InChI is InChI=1S/C32H44N6O20/c1-19(2)25(42)53-10-7-50-22(39)13-56-30(47)35-16-33-28(45)38(18-37-32(49)58-15-24(41)52-9-12-55-27(44)21(5)6)29(46)34-17-36-31(48)57-14-23(40)51-8-11-54-26(43)20(3)4/h1,3,5,7-18H2,2,4,6H3,(H,33,45)(H,34,46)(H,35,47)(H,36,48)(H,37,49). The summed E-state index contributed by atoms with van der Waals surface area (Å²) in [5.41, 5.74) is 0.367. The fraction of sp³-hybridized carbons (Fsp3) is 0.469. The number of rotatable bonds is 24. The highest BCUT2D eigenvalue weighted by Gasteiger charge is 2.23. The van der Waals surface area contributed by atoms with Crippen LogP contribution in [0.5, 0.6) is 0 Å². The molecule has 0 saturated carbocycles. The summed E-state index contributed by atoms with van der Waals surface area (Å²) < 4.78 is 42.2. The fourth-order valence-corrected chi connectivity index (χ4v) is 2.84. The molecule has 0 atom stereocenters. The van der Waals surface area contributed by atoms with Crippen LogP contribution in [0, 0.1) is 0 Å². The molecule has 0 fully saturated rings. The number of nitrogens with zero attached hydrogens (tertiary/aromatic N) is 1. The molecule has 0 aromatic carbocycles. The molecule has 0 bridgehead atoms. The highest BCUT2D eigenvalue weighted by atomic mass is 16.6. The summed E-state index contributed by atoms with van der Waals surface area (Å²) in [4.78, 5) is 131. The molecule has 26 heteroatoms. The molecule has 0 aromatic rings. The first-order chi connectivity index (χ1) is 27.3. The van der Waals surface area contributed by atoms with Crippen LogP contribution in [0.3, 0.4) is 0 Å². The molecule has 322 valence electrons. The minimum atomic E-state index is -1.33. The Balaban J connectivity index is 4.99. The monoisotopic (exact) mass is 832 g/mol. The van der Waals surface area contributed by atoms with Crippen LogP contribution in [0.25, 0.3) is 0 Å². The number of esters is 6. The van der Waals surface area contributed by atoms with E-state index >= 15 is 0 Å². The largest absolute Gasteiger partial charge is 0.460 e. The van der Waals surface area contributed by atoms with Gasteiger partial charge in [-0.05, 0) is 20.8 Å². The van der Waals surface area contributed by atoms with E-state index in [9.17, 15) is 52.7 Å². The van der Waals surface area contributed by atoms with Crippen LogP contribution in [-0.2, 0) is 71.4 Å². The van der Waals surface area contributed by atoms with E-state index in [0.717, 1.165) is 0 Å². The predicted molar refractivity (Wildman–Crippen MR) is 187 cm³/mol. The summed E-state index contributed by atoms with van der Waals surface area (Å²) in [7, 11) is 0. The van der Waals surface area contributed by atoms with E-state index < -0.39 is 106 Å². The molecule has 5 N–H and O–H groups in total. The maximum atomic E-state index is 12.8. The molecule has 58 heavy (non-hydrogen) atoms. The normalized spacial score (nSPS) is 9.71. The summed E-state index contributed by atoms with van der Waals surface area (Å²) in [6.07, 6.45) is -3.80. The number of imide groups is 1. The second-order valence-corrected chi connectivity index (χ2v) is 10.6. The summed E-state index contributed by atoms with van der Waals surface area (Å²) in [5.74, 6) is -5.21. The Morgan fingerprint density at radius 2 is 0.672 bits per heavy atom. The number of amides is 7. The number of hydrogen-bond donors (Lipinski definition) is 5. The predicted octanol–water partition coefficient (Wildman–Crippen LogP) is -1.25. The van der Waals surface area contributed by atoms with E-state index in [1.54, 1.807) is 0 Å². The van der Waals surface area contributed by atoms with Crippen molar-refractivity contribution >= 4 is 66.2 Å². The molecule has 0 radical (unpaired) electrons. The van der Waals surface area contributed by atoms with Gasteiger partial charge in [0.15, 0.2) is 19.8 Å². The second-order valence-electron chi connectivity index (χ2n) is 10.6. The molecule has 0 aromatic heterocycles. The Hall–Kier alpha value is -7.41. The van der Waals surface area contributed by atoms with E-state index in [1.807, 2.05) is 16.0 Å². The molecule has 0 rings (SSSR count). The lowest BCUT2D eigenvalue weighted by Crippen LogP contribution is -2.55. The van der Waals surface area contributed by atoms with Gasteiger partial charge in [0.2, 0.25) is 0 Å². The first-order valence-electron chi connectivity index (χ1n) is 16.3. The lowest BCUT2D eigenvalue weighted by molar-refractivity contribution is -0.152. The number of carbonyl (C=O) groups excluding carboxylic acids is 11. The first-order valence-corrected chi connectivity index (χ1v) is 16.3. The van der Waals surface area contributed by atoms with Gasteiger partial charge in [-0.3, -0.25) is 0 Å². The molecular formula is C32H44N6O20. The second kappa shape index (κ2) is 29.0. The smallest absolute Gasteiger partial charge is 0.409 e. The van der Waals surface area contributed by atoms with Crippen LogP contribution in [-0.4, -0.2) is 151 Å². The number of nitrogens with one attached hydrogen (secondary N) is 5. The van der Waals surface area contributed by atoms with Crippen LogP contribution in [0.4, 0.5) is 24.0 Å². The first kappa shape index (κ1) is 50.6. The quantitative estimate of drug-likeness (QED) is 0.0249. The van der Waals surface area contributed by atoms with Crippen molar-refractivity contribution in [1.29, 1.82) is 0 Å². The minimum absolute atomic E-state index is 0.113. The van der Waals surface area contributed by atoms with Crippen LogP contribution in [0.15, 0.2) is 36.5 Å². The molecule has 0 aliphatic rings. The highest BCUT2D eigenvalue weighted by Crippen LogP contribution is 1.96. The summed E-state index contributed by atoms with van der Waals surface area (Å²) >= 11 is 0. The van der Waals surface area contributed by atoms with Gasteiger partial charge in [0, 0.05) is 16.7 Å². The number of urea groups is 2. The molecule has 0 aliphatic carbocycles. The molecule has 0 heterocycles. The van der Waals surface area contributed by atoms with Gasteiger partial charge in [0.05, 0.1) is 13.3 Å². The fourth-order valence-electron chi connectivity index (χ4n) is 2.84. The van der Waals surface area contributed by atoms with E-state index in [0.29, 0.717) is 0 Å². The van der Waals surface area contributed by atoms with Gasteiger partial charge in [-0.15, -0.1) is 0 Å². The van der Waals surface area contributed by atoms with Crippen LogP contribution in [0.2, 0.25) is 0 Å². The van der Waals surface area contributed by atoms with Gasteiger partial charge in [-0.25, -0.2) is 57.6 Å². The van der Waals surface area contributed by atoms with Crippen molar-refractivity contribution in [2.75, 3.05) is 79.5 Å². The number of ether oxygens (including phenoxy) is 9. The molecule has 0 saturated heterocycles. The maximum Gasteiger partial charge on any atom is 0.409 e. The summed E-state index contributed by atoms with van der Waals surface area (Å²) in [5, 5.41) is 10.2. The van der Waals surface area contributed by atoms with E-state index in [4.69, 9.17) is 28.4 Å². The lowest BCUT2D eigenvalue weighted by atomic mass is 10.4. The third kappa shape index (κ3) is 25.6. The van der Waals surface area contributed by atoms with Gasteiger partial charge in [-0.2, -0.15) is 0 Å². The average Bonchev–Trinajstić information content (AvgIpc) is 3.16. The van der Waals surface area contributed by atoms with Crippen LogP contribution >= 0.6 is 0 Å². The van der Waals surface area contributed by atoms with Crippen molar-refractivity contribution in [2.45, 2.75) is 20.8 Å². The molecular weight excluding hydrogens is 788 g/mol. The van der Waals surface area contributed by atoms with E-state index in [1.165, 1.54) is 20.8 Å². The van der Waals surface area contributed by atoms with Crippen molar-refractivity contribution in [3.63, 3.8) is 0 Å². The minimum Gasteiger partial charge on any atom is -0.460 e. The van der Waals surface area contributed by atoms with Crippen LogP contribution in [0.1, 0.15) is 20.8 Å². The van der Waals surface area contributed by atoms with Gasteiger partial charge in [-0.1, -0.05) is 19.7 Å². The highest BCUT2D eigenvalue weighted by molar-refractivity contribution is 5.94. The Morgan fingerprint density at radius 1 is 0.397 bits per heavy atom. The molecule has 7 amide bonds. The molecule has 0 aliphatic heterocycles. The van der Waals surface area contributed by atoms with Crippen molar-refractivity contribution < 1.29 is 95.4 Å². The van der Waals surface area contributed by atoms with Crippen molar-refractivity contribution in [1.82, 2.24) is 31.5 Å². The Bertz CT molecular complexity index is 1480. The molecule has 26 nitrogen and oxygen atoms in total. The zero-order chi connectivity index (χ0) is 44.0. The van der Waals surface area contributed by atoms with Gasteiger partial charge < -0.3 is 69.2 Å². The van der Waals surface area contributed by atoms with Crippen molar-refractivity contribution in [3.8, 4) is 0 Å². The molecule has 0 spiro atoms. The maximum absolute atomic E-state index is 12.8. The topological polar surface area (TPSA) is 334 Å². The molecule has 0 unspecified atom stereocenters. The summed E-state index contributed by atoms with van der Waals surface area (Å²) in [6.45, 7) is 7.30. The van der Waals surface area contributed by atoms with E-state index in [-0.39, 0.29) is 61.3 Å². The number of alkyl carbamates (subject to hydrolysis) is 3. The van der Waals surface area contributed by atoms with Crippen molar-refractivity contribution in [2.24, 2.45) is 0 Å². The van der Waals surface area contributed by atoms with Gasteiger partial charge in [0.25, 0.3) is 0 Å². The Labute approximate surface area is 329 Å². The van der Waals surface area contributed by atoms with Gasteiger partial charge >= 0.3 is 66.2 Å². The third-order valence-electron chi connectivity index (χ3n) is 5.56. The van der Waals surface area contributed by atoms with Crippen molar-refractivity contribution in [3.05, 3.63) is 36.5 Å². The zero-order valence-corrected chi connectivity index (χ0v) is 31.7. The zero-order valence-electron chi connectivity index (χ0n) is 31.7. The average molecular weight is 833 g/mol. The number of carbonyl (C=O) groups is 11. The van der Waals surface area contributed by atoms with Crippen LogP contribution < -0.4 is 26.6 Å². The number of hydrogen-bond acceptors (Lipinski definition) is 20. The Morgan fingerprint density at radius 3 is 0.966 bits per heavy atom. The summed E-state index contributed by atoms with van der Waals surface area (Å²) in [6, 6.07) is -2.57. The SMILES string of the molecule is C=C(C)C(=O)OCCOC(=O)COC(=O)NCNC(=O)N(CNC(=O)OCC(=O)OCCOC(=O)C(=C)C)C(=O)NCNC(=O)OCC(=O)OCCOC(=O)C(=C)C.